The van der Waals surface area contributed by atoms with E-state index in [0.717, 1.165) is 41.7 Å². The number of benzene rings is 1. The molecule has 3 heterocycles. The molecule has 13 heteroatoms. The van der Waals surface area contributed by atoms with Gasteiger partial charge in [0.05, 0.1) is 16.3 Å². The monoisotopic (exact) mass is 480 g/mol. The highest BCUT2D eigenvalue weighted by Gasteiger charge is 2.32. The summed E-state index contributed by atoms with van der Waals surface area (Å²) in [6.45, 7) is 2.03. The zero-order chi connectivity index (χ0) is 22.9. The second-order valence-electron chi connectivity index (χ2n) is 6.61. The first-order valence-corrected chi connectivity index (χ1v) is 10.7. The van der Waals surface area contributed by atoms with Gasteiger partial charge in [-0.05, 0) is 24.1 Å². The van der Waals surface area contributed by atoms with E-state index in [0.29, 0.717) is 5.82 Å². The van der Waals surface area contributed by atoms with Crippen LogP contribution in [-0.2, 0) is 18.3 Å². The van der Waals surface area contributed by atoms with Crippen molar-refractivity contribution in [3.63, 3.8) is 0 Å². The van der Waals surface area contributed by atoms with E-state index < -0.39 is 11.7 Å². The molecule has 0 aliphatic heterocycles. The standard InChI is InChI=1S/C19H16ClF3N8S/c1-2-10-5-3-4-6-13(10)25-17-27-14(26-16(24)28-17)9-32-18-30-29-15-12(20)7-11(8-31(15)18)19(21,22)23/h3-8H,2,9H2,1H3,(H3,24,25,26,27,28). The molecule has 0 spiro atoms. The van der Waals surface area contributed by atoms with Gasteiger partial charge in [-0.3, -0.25) is 4.40 Å². The van der Waals surface area contributed by atoms with Crippen molar-refractivity contribution in [2.45, 2.75) is 30.4 Å². The summed E-state index contributed by atoms with van der Waals surface area (Å²) in [7, 11) is 0. The van der Waals surface area contributed by atoms with Gasteiger partial charge in [-0.25, -0.2) is 0 Å². The number of hydrogen-bond acceptors (Lipinski definition) is 8. The number of anilines is 3. The largest absolute Gasteiger partial charge is 0.417 e. The second kappa shape index (κ2) is 8.79. The number of hydrogen-bond donors (Lipinski definition) is 2. The van der Waals surface area contributed by atoms with Crippen LogP contribution in [0.5, 0.6) is 0 Å². The highest BCUT2D eigenvalue weighted by molar-refractivity contribution is 7.98. The van der Waals surface area contributed by atoms with Crippen molar-refractivity contribution in [1.82, 2.24) is 29.5 Å². The van der Waals surface area contributed by atoms with Gasteiger partial charge in [-0.15, -0.1) is 10.2 Å². The predicted octanol–water partition coefficient (Wildman–Crippen LogP) is 4.77. The molecule has 0 amide bonds. The SMILES string of the molecule is CCc1ccccc1Nc1nc(N)nc(CSc2nnc3c(Cl)cc(C(F)(F)F)cn23)n1. The number of aromatic nitrogens is 6. The molecule has 3 N–H and O–H groups in total. The van der Waals surface area contributed by atoms with Crippen LogP contribution in [0.3, 0.4) is 0 Å². The van der Waals surface area contributed by atoms with Crippen molar-refractivity contribution < 1.29 is 13.2 Å². The first-order valence-electron chi connectivity index (χ1n) is 9.34. The van der Waals surface area contributed by atoms with Gasteiger partial charge in [0.1, 0.15) is 5.82 Å². The van der Waals surface area contributed by atoms with E-state index in [-0.39, 0.29) is 33.5 Å². The van der Waals surface area contributed by atoms with Gasteiger partial charge < -0.3 is 11.1 Å². The number of alkyl halides is 3. The normalized spacial score (nSPS) is 11.8. The third-order valence-corrected chi connectivity index (χ3v) is 5.65. The smallest absolute Gasteiger partial charge is 0.368 e. The molecule has 0 atom stereocenters. The maximum atomic E-state index is 13.1. The number of nitrogen functional groups attached to an aromatic ring is 1. The number of aryl methyl sites for hydroxylation is 1. The van der Waals surface area contributed by atoms with Crippen molar-refractivity contribution in [3.8, 4) is 0 Å². The Balaban J connectivity index is 1.58. The zero-order valence-electron chi connectivity index (χ0n) is 16.6. The fourth-order valence-corrected chi connectivity index (χ4v) is 3.96. The number of halogens is 4. The van der Waals surface area contributed by atoms with Crippen LogP contribution in [0.2, 0.25) is 5.02 Å². The molecular formula is C19H16ClF3N8S. The molecule has 1 aromatic carbocycles. The molecule has 0 radical (unpaired) electrons. The van der Waals surface area contributed by atoms with Gasteiger partial charge in [-0.1, -0.05) is 48.5 Å². The Morgan fingerprint density at radius 3 is 2.69 bits per heavy atom. The van der Waals surface area contributed by atoms with Crippen LogP contribution in [0.15, 0.2) is 41.7 Å². The number of para-hydroxylation sites is 1. The number of nitrogens with zero attached hydrogens (tertiary/aromatic N) is 6. The van der Waals surface area contributed by atoms with Crippen molar-refractivity contribution >= 4 is 46.6 Å². The third kappa shape index (κ3) is 4.70. The molecule has 0 saturated heterocycles. The van der Waals surface area contributed by atoms with E-state index in [9.17, 15) is 13.2 Å². The Kier molecular flexibility index (Phi) is 6.07. The molecule has 4 rings (SSSR count). The third-order valence-electron chi connectivity index (χ3n) is 4.43. The number of pyridine rings is 1. The maximum Gasteiger partial charge on any atom is 0.417 e. The molecule has 0 bridgehead atoms. The summed E-state index contributed by atoms with van der Waals surface area (Å²) in [5.41, 5.74) is 6.97. The number of fused-ring (bicyclic) bond motifs is 1. The van der Waals surface area contributed by atoms with Gasteiger partial charge >= 0.3 is 6.18 Å². The van der Waals surface area contributed by atoms with Crippen molar-refractivity contribution in [2.75, 3.05) is 11.1 Å². The summed E-state index contributed by atoms with van der Waals surface area (Å²) < 4.78 is 40.6. The first kappa shape index (κ1) is 22.1. The Morgan fingerprint density at radius 1 is 1.16 bits per heavy atom. The molecule has 4 aromatic rings. The Morgan fingerprint density at radius 2 is 1.94 bits per heavy atom. The lowest BCUT2D eigenvalue weighted by Gasteiger charge is -2.10. The summed E-state index contributed by atoms with van der Waals surface area (Å²) in [6, 6.07) is 8.53. The number of nitrogens with one attached hydrogen (secondary N) is 1. The Bertz CT molecular complexity index is 1280. The first-order chi connectivity index (χ1) is 15.2. The summed E-state index contributed by atoms with van der Waals surface area (Å²) >= 11 is 7.05. The average Bonchev–Trinajstić information content (AvgIpc) is 3.15. The quantitative estimate of drug-likeness (QED) is 0.380. The predicted molar refractivity (Wildman–Crippen MR) is 116 cm³/mol. The van der Waals surface area contributed by atoms with Crippen LogP contribution in [0.1, 0.15) is 23.9 Å². The fourth-order valence-electron chi connectivity index (χ4n) is 2.95. The number of thioether (sulfide) groups is 1. The fraction of sp³-hybridized carbons (Fsp3) is 0.211. The molecule has 0 aliphatic carbocycles. The van der Waals surface area contributed by atoms with E-state index >= 15 is 0 Å². The van der Waals surface area contributed by atoms with Crippen molar-refractivity contribution in [2.24, 2.45) is 0 Å². The molecule has 3 aromatic heterocycles. The highest BCUT2D eigenvalue weighted by Crippen LogP contribution is 2.33. The molecule has 0 saturated carbocycles. The molecule has 32 heavy (non-hydrogen) atoms. The number of rotatable bonds is 6. The summed E-state index contributed by atoms with van der Waals surface area (Å²) in [5.74, 6) is 0.780. The Labute approximate surface area is 189 Å². The Hall–Kier alpha value is -3.12. The van der Waals surface area contributed by atoms with Gasteiger partial charge in [0, 0.05) is 11.9 Å². The maximum absolute atomic E-state index is 13.1. The lowest BCUT2D eigenvalue weighted by Crippen LogP contribution is -2.08. The minimum absolute atomic E-state index is 0.0144. The minimum Gasteiger partial charge on any atom is -0.368 e. The van der Waals surface area contributed by atoms with E-state index in [1.54, 1.807) is 0 Å². The molecule has 0 aliphatic rings. The van der Waals surface area contributed by atoms with Crippen LogP contribution in [-0.4, -0.2) is 29.5 Å². The highest BCUT2D eigenvalue weighted by atomic mass is 35.5. The molecule has 0 unspecified atom stereocenters. The second-order valence-corrected chi connectivity index (χ2v) is 7.96. The van der Waals surface area contributed by atoms with Gasteiger partial charge in [0.2, 0.25) is 11.9 Å². The van der Waals surface area contributed by atoms with Crippen LogP contribution < -0.4 is 11.1 Å². The summed E-state index contributed by atoms with van der Waals surface area (Å²) in [6.07, 6.45) is -2.84. The van der Waals surface area contributed by atoms with E-state index in [4.69, 9.17) is 17.3 Å². The van der Waals surface area contributed by atoms with Crippen LogP contribution >= 0.6 is 23.4 Å². The van der Waals surface area contributed by atoms with Gasteiger partial charge in [0.25, 0.3) is 0 Å². The van der Waals surface area contributed by atoms with Crippen molar-refractivity contribution in [1.29, 1.82) is 0 Å². The lowest BCUT2D eigenvalue weighted by molar-refractivity contribution is -0.137. The van der Waals surface area contributed by atoms with Crippen LogP contribution in [0.25, 0.3) is 5.65 Å². The van der Waals surface area contributed by atoms with Gasteiger partial charge in [-0.2, -0.15) is 28.1 Å². The van der Waals surface area contributed by atoms with E-state index in [1.807, 2.05) is 31.2 Å². The average molecular weight is 481 g/mol. The van der Waals surface area contributed by atoms with Crippen molar-refractivity contribution in [3.05, 3.63) is 58.5 Å². The topological polar surface area (TPSA) is 107 Å². The minimum atomic E-state index is -4.55. The summed E-state index contributed by atoms with van der Waals surface area (Å²) in [5, 5.41) is 11.0. The van der Waals surface area contributed by atoms with E-state index in [2.05, 4.69) is 30.5 Å². The van der Waals surface area contributed by atoms with Crippen LogP contribution in [0, 0.1) is 0 Å². The molecule has 0 fully saturated rings. The van der Waals surface area contributed by atoms with Crippen LogP contribution in [0.4, 0.5) is 30.8 Å². The molecular weight excluding hydrogens is 465 g/mol. The molecule has 8 nitrogen and oxygen atoms in total. The summed E-state index contributed by atoms with van der Waals surface area (Å²) in [4.78, 5) is 12.6. The zero-order valence-corrected chi connectivity index (χ0v) is 18.1. The van der Waals surface area contributed by atoms with Gasteiger partial charge in [0.15, 0.2) is 10.8 Å². The molecule has 166 valence electrons. The van der Waals surface area contributed by atoms with E-state index in [1.165, 1.54) is 4.40 Å². The lowest BCUT2D eigenvalue weighted by atomic mass is 10.1. The number of nitrogens with two attached hydrogens (primary N) is 1.